The van der Waals surface area contributed by atoms with Gasteiger partial charge in [0.1, 0.15) is 0 Å². The van der Waals surface area contributed by atoms with Crippen molar-refractivity contribution >= 4 is 0 Å². The molecule has 20 heavy (non-hydrogen) atoms. The smallest absolute Gasteiger partial charge is 0.0459 e. The van der Waals surface area contributed by atoms with Crippen molar-refractivity contribution in [2.45, 2.75) is 44.8 Å². The van der Waals surface area contributed by atoms with E-state index in [-0.39, 0.29) is 6.04 Å². The van der Waals surface area contributed by atoms with Crippen molar-refractivity contribution in [1.29, 1.82) is 0 Å². The summed E-state index contributed by atoms with van der Waals surface area (Å²) in [7, 11) is 0. The molecule has 3 unspecified atom stereocenters. The molecular formula is C17H27N3. The largest absolute Gasteiger partial charge is 0.323 e. The van der Waals surface area contributed by atoms with Crippen LogP contribution in [0.4, 0.5) is 0 Å². The SMILES string of the molecule is CCC(C)N1CCN(C2Cc3ccccc3C2N)CC1. The molecule has 2 aliphatic rings. The van der Waals surface area contributed by atoms with Crippen molar-refractivity contribution in [1.82, 2.24) is 9.80 Å². The fraction of sp³-hybridized carbons (Fsp3) is 0.647. The summed E-state index contributed by atoms with van der Waals surface area (Å²) in [6, 6.07) is 10.1. The number of nitrogens with zero attached hydrogens (tertiary/aromatic N) is 2. The van der Waals surface area contributed by atoms with Crippen LogP contribution in [0, 0.1) is 0 Å². The van der Waals surface area contributed by atoms with Crippen molar-refractivity contribution < 1.29 is 0 Å². The lowest BCUT2D eigenvalue weighted by Gasteiger charge is -2.41. The van der Waals surface area contributed by atoms with Gasteiger partial charge in [0.25, 0.3) is 0 Å². The van der Waals surface area contributed by atoms with Crippen LogP contribution in [0.25, 0.3) is 0 Å². The van der Waals surface area contributed by atoms with Crippen LogP contribution in [0.5, 0.6) is 0 Å². The molecule has 3 nitrogen and oxygen atoms in total. The highest BCUT2D eigenvalue weighted by Gasteiger charge is 2.35. The Hall–Kier alpha value is -0.900. The van der Waals surface area contributed by atoms with E-state index in [4.69, 9.17) is 5.73 Å². The molecule has 0 saturated carbocycles. The van der Waals surface area contributed by atoms with Gasteiger partial charge in [0.05, 0.1) is 0 Å². The molecule has 2 N–H and O–H groups in total. The van der Waals surface area contributed by atoms with Crippen LogP contribution in [0.3, 0.4) is 0 Å². The summed E-state index contributed by atoms with van der Waals surface area (Å²) in [6.45, 7) is 9.32. The van der Waals surface area contributed by atoms with Crippen molar-refractivity contribution in [3.8, 4) is 0 Å². The molecule has 3 rings (SSSR count). The lowest BCUT2D eigenvalue weighted by atomic mass is 10.1. The van der Waals surface area contributed by atoms with Gasteiger partial charge in [-0.15, -0.1) is 0 Å². The van der Waals surface area contributed by atoms with Gasteiger partial charge in [-0.05, 0) is 30.9 Å². The first-order chi connectivity index (χ1) is 9.70. The van der Waals surface area contributed by atoms with E-state index in [1.165, 1.54) is 30.6 Å². The Morgan fingerprint density at radius 1 is 1.20 bits per heavy atom. The Morgan fingerprint density at radius 2 is 1.90 bits per heavy atom. The average Bonchev–Trinajstić information content (AvgIpc) is 2.84. The Bertz CT molecular complexity index is 451. The zero-order chi connectivity index (χ0) is 14.1. The lowest BCUT2D eigenvalue weighted by molar-refractivity contribution is 0.0675. The van der Waals surface area contributed by atoms with Crippen LogP contribution in [-0.2, 0) is 6.42 Å². The Morgan fingerprint density at radius 3 is 2.55 bits per heavy atom. The van der Waals surface area contributed by atoms with Gasteiger partial charge >= 0.3 is 0 Å². The standard InChI is InChI=1S/C17H27N3/c1-3-13(2)19-8-10-20(11-9-19)16-12-14-6-4-5-7-15(14)17(16)18/h4-7,13,16-17H,3,8-12,18H2,1-2H3. The molecule has 110 valence electrons. The summed E-state index contributed by atoms with van der Waals surface area (Å²) < 4.78 is 0. The van der Waals surface area contributed by atoms with E-state index in [2.05, 4.69) is 47.9 Å². The summed E-state index contributed by atoms with van der Waals surface area (Å²) >= 11 is 0. The molecule has 1 aliphatic heterocycles. The molecular weight excluding hydrogens is 246 g/mol. The first-order valence-corrected chi connectivity index (χ1v) is 8.02. The topological polar surface area (TPSA) is 32.5 Å². The molecule has 1 aromatic rings. The molecule has 1 saturated heterocycles. The maximum Gasteiger partial charge on any atom is 0.0459 e. The first-order valence-electron chi connectivity index (χ1n) is 8.02. The van der Waals surface area contributed by atoms with Crippen LogP contribution >= 0.6 is 0 Å². The number of hydrogen-bond acceptors (Lipinski definition) is 3. The maximum atomic E-state index is 6.49. The Labute approximate surface area is 122 Å². The Balaban J connectivity index is 1.63. The summed E-state index contributed by atoms with van der Waals surface area (Å²) in [5, 5.41) is 0. The number of benzene rings is 1. The molecule has 0 radical (unpaired) electrons. The van der Waals surface area contributed by atoms with Crippen molar-refractivity contribution in [3.63, 3.8) is 0 Å². The van der Waals surface area contributed by atoms with E-state index in [0.717, 1.165) is 19.5 Å². The van der Waals surface area contributed by atoms with Crippen LogP contribution in [0.15, 0.2) is 24.3 Å². The maximum absolute atomic E-state index is 6.49. The number of rotatable bonds is 3. The number of hydrogen-bond donors (Lipinski definition) is 1. The average molecular weight is 273 g/mol. The third-order valence-electron chi connectivity index (χ3n) is 5.29. The second-order valence-electron chi connectivity index (χ2n) is 6.33. The van der Waals surface area contributed by atoms with Gasteiger partial charge < -0.3 is 5.73 Å². The molecule has 0 bridgehead atoms. The third-order valence-corrected chi connectivity index (χ3v) is 5.29. The lowest BCUT2D eigenvalue weighted by Crippen LogP contribution is -2.54. The monoisotopic (exact) mass is 273 g/mol. The van der Waals surface area contributed by atoms with Gasteiger partial charge in [-0.2, -0.15) is 0 Å². The number of nitrogens with two attached hydrogens (primary N) is 1. The summed E-state index contributed by atoms with van der Waals surface area (Å²) in [6.07, 6.45) is 2.37. The summed E-state index contributed by atoms with van der Waals surface area (Å²) in [5.74, 6) is 0. The van der Waals surface area contributed by atoms with Gasteiger partial charge in [-0.25, -0.2) is 0 Å². The first kappa shape index (κ1) is 14.1. The number of piperazine rings is 1. The fourth-order valence-corrected chi connectivity index (χ4v) is 3.73. The van der Waals surface area contributed by atoms with Crippen molar-refractivity contribution in [2.24, 2.45) is 5.73 Å². The van der Waals surface area contributed by atoms with Gasteiger partial charge in [-0.3, -0.25) is 9.80 Å². The molecule has 0 aromatic heterocycles. The normalized spacial score (nSPS) is 29.4. The van der Waals surface area contributed by atoms with Gasteiger partial charge in [-0.1, -0.05) is 31.2 Å². The predicted octanol–water partition coefficient (Wildman–Crippen LogP) is 2.03. The molecule has 1 aliphatic carbocycles. The van der Waals surface area contributed by atoms with Crippen LogP contribution in [-0.4, -0.2) is 48.1 Å². The molecule has 0 spiro atoms. The molecule has 3 heteroatoms. The summed E-state index contributed by atoms with van der Waals surface area (Å²) in [5.41, 5.74) is 9.30. The fourth-order valence-electron chi connectivity index (χ4n) is 3.73. The second-order valence-corrected chi connectivity index (χ2v) is 6.33. The zero-order valence-electron chi connectivity index (χ0n) is 12.8. The van der Waals surface area contributed by atoms with Gasteiger partial charge in [0, 0.05) is 44.3 Å². The molecule has 1 heterocycles. The van der Waals surface area contributed by atoms with E-state index in [0.29, 0.717) is 12.1 Å². The highest BCUT2D eigenvalue weighted by atomic mass is 15.3. The van der Waals surface area contributed by atoms with Crippen LogP contribution in [0.2, 0.25) is 0 Å². The summed E-state index contributed by atoms with van der Waals surface area (Å²) in [4.78, 5) is 5.23. The Kier molecular flexibility index (Phi) is 4.11. The van der Waals surface area contributed by atoms with E-state index in [1.54, 1.807) is 0 Å². The third kappa shape index (κ3) is 2.50. The van der Waals surface area contributed by atoms with Gasteiger partial charge in [0.2, 0.25) is 0 Å². The minimum atomic E-state index is 0.196. The quantitative estimate of drug-likeness (QED) is 0.914. The van der Waals surface area contributed by atoms with E-state index < -0.39 is 0 Å². The van der Waals surface area contributed by atoms with Crippen LogP contribution in [0.1, 0.15) is 37.4 Å². The molecule has 1 aromatic carbocycles. The highest BCUT2D eigenvalue weighted by molar-refractivity contribution is 5.36. The second kappa shape index (κ2) is 5.84. The van der Waals surface area contributed by atoms with E-state index in [9.17, 15) is 0 Å². The number of fused-ring (bicyclic) bond motifs is 1. The predicted molar refractivity (Wildman–Crippen MR) is 83.8 cm³/mol. The molecule has 3 atom stereocenters. The van der Waals surface area contributed by atoms with Crippen molar-refractivity contribution in [2.75, 3.05) is 26.2 Å². The zero-order valence-corrected chi connectivity index (χ0v) is 12.8. The van der Waals surface area contributed by atoms with Gasteiger partial charge in [0.15, 0.2) is 0 Å². The molecule has 1 fully saturated rings. The van der Waals surface area contributed by atoms with E-state index >= 15 is 0 Å². The minimum Gasteiger partial charge on any atom is -0.323 e. The minimum absolute atomic E-state index is 0.196. The molecule has 0 amide bonds. The highest BCUT2D eigenvalue weighted by Crippen LogP contribution is 2.33. The van der Waals surface area contributed by atoms with Crippen LogP contribution < -0.4 is 5.73 Å². The van der Waals surface area contributed by atoms with Crippen molar-refractivity contribution in [3.05, 3.63) is 35.4 Å². The van der Waals surface area contributed by atoms with E-state index in [1.807, 2.05) is 0 Å².